The van der Waals surface area contributed by atoms with Gasteiger partial charge in [-0.15, -0.1) is 0 Å². The van der Waals surface area contributed by atoms with Gasteiger partial charge in [-0.3, -0.25) is 10.0 Å². The molecule has 164 valence electrons. The maximum Gasteiger partial charge on any atom is 0.246 e. The molecule has 0 fully saturated rings. The Labute approximate surface area is 184 Å². The fourth-order valence-corrected chi connectivity index (χ4v) is 4.13. The molecule has 0 spiro atoms. The summed E-state index contributed by atoms with van der Waals surface area (Å²) in [6.45, 7) is 0. The lowest BCUT2D eigenvalue weighted by Crippen LogP contribution is -2.22. The van der Waals surface area contributed by atoms with Crippen molar-refractivity contribution in [2.45, 2.75) is 17.7 Å². The zero-order valence-corrected chi connectivity index (χ0v) is 18.4. The molecular formula is C21H21ClN2O6S. The van der Waals surface area contributed by atoms with Gasteiger partial charge in [0.1, 0.15) is 17.3 Å². The molecule has 1 amide bonds. The van der Waals surface area contributed by atoms with Crippen molar-refractivity contribution in [2.24, 2.45) is 5.14 Å². The predicted molar refractivity (Wildman–Crippen MR) is 115 cm³/mol. The first-order valence-corrected chi connectivity index (χ1v) is 11.1. The molecular weight excluding hydrogens is 444 g/mol. The van der Waals surface area contributed by atoms with Crippen LogP contribution >= 0.6 is 11.6 Å². The van der Waals surface area contributed by atoms with Crippen LogP contribution in [-0.4, -0.2) is 38.8 Å². The molecule has 0 bridgehead atoms. The summed E-state index contributed by atoms with van der Waals surface area (Å²) in [4.78, 5) is 11.7. The third-order valence-electron chi connectivity index (χ3n) is 4.63. The van der Waals surface area contributed by atoms with Crippen LogP contribution in [0.3, 0.4) is 0 Å². The van der Waals surface area contributed by atoms with Crippen LogP contribution in [0.5, 0.6) is 5.75 Å². The van der Waals surface area contributed by atoms with E-state index < -0.39 is 15.9 Å². The predicted octanol–water partition coefficient (Wildman–Crippen LogP) is 3.70. The highest BCUT2D eigenvalue weighted by atomic mass is 35.5. The number of nitrogens with zero attached hydrogens (tertiary/aromatic N) is 1. The summed E-state index contributed by atoms with van der Waals surface area (Å²) < 4.78 is 35.5. The van der Waals surface area contributed by atoms with Crippen molar-refractivity contribution < 1.29 is 27.6 Å². The maximum absolute atomic E-state index is 12.1. The van der Waals surface area contributed by atoms with Crippen LogP contribution in [0.15, 0.2) is 57.8 Å². The Morgan fingerprint density at radius 2 is 1.90 bits per heavy atom. The van der Waals surface area contributed by atoms with Crippen LogP contribution in [-0.2, 0) is 21.2 Å². The topological polar surface area (TPSA) is 123 Å². The van der Waals surface area contributed by atoms with Gasteiger partial charge in [-0.2, -0.15) is 0 Å². The van der Waals surface area contributed by atoms with E-state index in [9.17, 15) is 18.4 Å². The van der Waals surface area contributed by atoms with Crippen LogP contribution < -0.4 is 9.88 Å². The maximum atomic E-state index is 12.1. The van der Waals surface area contributed by atoms with E-state index in [1.54, 1.807) is 42.5 Å². The molecule has 10 heteroatoms. The summed E-state index contributed by atoms with van der Waals surface area (Å²) in [5.41, 5.74) is 1.42. The molecule has 31 heavy (non-hydrogen) atoms. The fraction of sp³-hybridized carbons (Fsp3) is 0.190. The van der Waals surface area contributed by atoms with Crippen molar-refractivity contribution >= 4 is 27.5 Å². The Hall–Kier alpha value is -2.85. The van der Waals surface area contributed by atoms with Crippen LogP contribution in [0.4, 0.5) is 0 Å². The van der Waals surface area contributed by atoms with Gasteiger partial charge in [0.2, 0.25) is 15.9 Å². The Morgan fingerprint density at radius 3 is 2.52 bits per heavy atom. The van der Waals surface area contributed by atoms with E-state index in [2.05, 4.69) is 0 Å². The number of ether oxygens (including phenoxy) is 1. The zero-order valence-electron chi connectivity index (χ0n) is 16.8. The number of hydroxylamine groups is 2. The molecule has 2 aromatic carbocycles. The van der Waals surface area contributed by atoms with Crippen molar-refractivity contribution in [3.05, 3.63) is 59.3 Å². The van der Waals surface area contributed by atoms with Crippen molar-refractivity contribution in [1.82, 2.24) is 5.06 Å². The number of furan rings is 1. The lowest BCUT2D eigenvalue weighted by molar-refractivity contribution is -0.159. The number of methoxy groups -OCH3 is 1. The van der Waals surface area contributed by atoms with E-state index in [-0.39, 0.29) is 17.7 Å². The van der Waals surface area contributed by atoms with Crippen molar-refractivity contribution in [3.8, 4) is 28.2 Å². The smallest absolute Gasteiger partial charge is 0.246 e. The highest BCUT2D eigenvalue weighted by Crippen LogP contribution is 2.40. The van der Waals surface area contributed by atoms with Gasteiger partial charge in [0.15, 0.2) is 0 Å². The summed E-state index contributed by atoms with van der Waals surface area (Å²) in [7, 11) is -1.27. The number of rotatable bonds is 7. The average Bonchev–Trinajstić information content (AvgIpc) is 3.15. The van der Waals surface area contributed by atoms with E-state index in [0.717, 1.165) is 0 Å². The summed E-state index contributed by atoms with van der Waals surface area (Å²) in [5.74, 6) is 0.772. The van der Waals surface area contributed by atoms with Crippen molar-refractivity contribution in [2.75, 3.05) is 14.2 Å². The molecule has 1 heterocycles. The second kappa shape index (κ2) is 9.11. The highest BCUT2D eigenvalue weighted by molar-refractivity contribution is 7.89. The Kier molecular flexibility index (Phi) is 6.71. The molecule has 0 saturated heterocycles. The minimum atomic E-state index is -4.01. The summed E-state index contributed by atoms with van der Waals surface area (Å²) in [5, 5.41) is 15.5. The quantitative estimate of drug-likeness (QED) is 0.406. The normalized spacial score (nSPS) is 11.4. The number of benzene rings is 2. The first-order valence-electron chi connectivity index (χ1n) is 9.16. The van der Waals surface area contributed by atoms with Gasteiger partial charge in [-0.1, -0.05) is 29.8 Å². The van der Waals surface area contributed by atoms with E-state index in [1.807, 2.05) is 0 Å². The monoisotopic (exact) mass is 464 g/mol. The summed E-state index contributed by atoms with van der Waals surface area (Å²) >= 11 is 6.27. The highest BCUT2D eigenvalue weighted by Gasteiger charge is 2.22. The molecule has 0 aliphatic carbocycles. The first-order chi connectivity index (χ1) is 14.6. The number of nitrogens with two attached hydrogens (primary N) is 1. The minimum Gasteiger partial charge on any atom is -0.495 e. The Morgan fingerprint density at radius 1 is 1.19 bits per heavy atom. The molecule has 0 radical (unpaired) electrons. The van der Waals surface area contributed by atoms with E-state index in [1.165, 1.54) is 20.2 Å². The third-order valence-corrected chi connectivity index (χ3v) is 5.89. The standard InChI is InChI=1S/C21H21ClN2O6S/c1-24(26)20(25)10-8-14-12-16(15-5-3-4-6-19(15)31(23,27)28)21(30-14)13-7-9-18(29-2)17(22)11-13/h3-7,9,11-12,26H,8,10H2,1-2H3,(H2,23,27,28). The lowest BCUT2D eigenvalue weighted by atomic mass is 10.0. The number of amides is 1. The number of carbonyl (C=O) groups excluding carboxylic acids is 1. The number of sulfonamides is 1. The number of hydrogen-bond acceptors (Lipinski definition) is 6. The van der Waals surface area contributed by atoms with Crippen LogP contribution in [0.1, 0.15) is 12.2 Å². The van der Waals surface area contributed by atoms with Crippen molar-refractivity contribution in [3.63, 3.8) is 0 Å². The number of carbonyl (C=O) groups is 1. The number of primary sulfonamides is 1. The largest absolute Gasteiger partial charge is 0.495 e. The Bertz CT molecular complexity index is 1220. The van der Waals surface area contributed by atoms with E-state index in [0.29, 0.717) is 44.0 Å². The molecule has 3 rings (SSSR count). The molecule has 0 aliphatic rings. The molecule has 0 atom stereocenters. The fourth-order valence-electron chi connectivity index (χ4n) is 3.12. The van der Waals surface area contributed by atoms with E-state index >= 15 is 0 Å². The molecule has 0 saturated carbocycles. The van der Waals surface area contributed by atoms with Gasteiger partial charge in [-0.25, -0.2) is 18.6 Å². The average molecular weight is 465 g/mol. The van der Waals surface area contributed by atoms with E-state index in [4.69, 9.17) is 25.9 Å². The number of hydrogen-bond donors (Lipinski definition) is 2. The molecule has 0 aliphatic heterocycles. The Balaban J connectivity index is 2.16. The SMILES string of the molecule is COc1ccc(-c2oc(CCC(=O)N(C)O)cc2-c2ccccc2S(N)(=O)=O)cc1Cl. The van der Waals surface area contributed by atoms with Crippen LogP contribution in [0.2, 0.25) is 5.02 Å². The second-order valence-corrected chi connectivity index (χ2v) is 8.70. The zero-order chi connectivity index (χ0) is 22.8. The van der Waals surface area contributed by atoms with Gasteiger partial charge in [0, 0.05) is 36.6 Å². The minimum absolute atomic E-state index is 0.000400. The lowest BCUT2D eigenvalue weighted by Gasteiger charge is -2.09. The third kappa shape index (κ3) is 5.08. The second-order valence-electron chi connectivity index (χ2n) is 6.76. The number of aryl methyl sites for hydroxylation is 1. The van der Waals surface area contributed by atoms with Gasteiger partial charge in [0.05, 0.1) is 17.0 Å². The molecule has 1 aromatic heterocycles. The van der Waals surface area contributed by atoms with Gasteiger partial charge in [0.25, 0.3) is 0 Å². The number of halogens is 1. The molecule has 3 N–H and O–H groups in total. The van der Waals surface area contributed by atoms with Crippen LogP contribution in [0, 0.1) is 0 Å². The molecule has 8 nitrogen and oxygen atoms in total. The summed E-state index contributed by atoms with van der Waals surface area (Å²) in [6.07, 6.45) is 0.192. The first kappa shape index (κ1) is 22.8. The van der Waals surface area contributed by atoms with Gasteiger partial charge in [-0.05, 0) is 30.3 Å². The summed E-state index contributed by atoms with van der Waals surface area (Å²) in [6, 6.07) is 13.0. The van der Waals surface area contributed by atoms with Crippen LogP contribution in [0.25, 0.3) is 22.5 Å². The molecule has 3 aromatic rings. The van der Waals surface area contributed by atoms with Gasteiger partial charge >= 0.3 is 0 Å². The van der Waals surface area contributed by atoms with Crippen molar-refractivity contribution in [1.29, 1.82) is 0 Å². The van der Waals surface area contributed by atoms with Gasteiger partial charge < -0.3 is 9.15 Å². The molecule has 0 unspecified atom stereocenters.